The molecule has 2 aromatic rings. The van der Waals surface area contributed by atoms with Gasteiger partial charge in [0.2, 0.25) is 0 Å². The molecule has 0 saturated heterocycles. The topological polar surface area (TPSA) is 112 Å². The van der Waals surface area contributed by atoms with Crippen LogP contribution in [-0.4, -0.2) is 27.2 Å². The lowest BCUT2D eigenvalue weighted by Gasteiger charge is -2.11. The fourth-order valence-electron chi connectivity index (χ4n) is 2.61. The highest BCUT2D eigenvalue weighted by atomic mass is 16.4. The van der Waals surface area contributed by atoms with Crippen LogP contribution >= 0.6 is 0 Å². The predicted molar refractivity (Wildman–Crippen MR) is 89.7 cm³/mol. The van der Waals surface area contributed by atoms with Crippen LogP contribution in [-0.2, 0) is 12.8 Å². The fraction of sp³-hybridized carbons (Fsp3) is 0.294. The van der Waals surface area contributed by atoms with Gasteiger partial charge in [-0.15, -0.1) is 0 Å². The van der Waals surface area contributed by atoms with Gasteiger partial charge in [-0.2, -0.15) is 5.10 Å². The number of aromatic nitrogens is 2. The summed E-state index contributed by atoms with van der Waals surface area (Å²) in [6, 6.07) is 4.47. The van der Waals surface area contributed by atoms with Crippen molar-refractivity contribution in [3.8, 4) is 0 Å². The predicted octanol–water partition coefficient (Wildman–Crippen LogP) is 2.15. The molecule has 1 amide bonds. The number of carbonyl (C=O) groups excluding carboxylic acids is 1. The minimum atomic E-state index is -1.03. The van der Waals surface area contributed by atoms with E-state index in [1.54, 1.807) is 13.0 Å². The van der Waals surface area contributed by atoms with E-state index in [0.29, 0.717) is 35.3 Å². The molecule has 7 heteroatoms. The quantitative estimate of drug-likeness (QED) is 0.778. The van der Waals surface area contributed by atoms with Gasteiger partial charge in [0.1, 0.15) is 5.56 Å². The second kappa shape index (κ2) is 7.08. The zero-order chi connectivity index (χ0) is 17.9. The minimum Gasteiger partial charge on any atom is -0.478 e. The maximum absolute atomic E-state index is 12.5. The number of nitrogens with one attached hydrogen (secondary N) is 2. The lowest BCUT2D eigenvalue weighted by Crippen LogP contribution is -2.28. The van der Waals surface area contributed by atoms with Crippen molar-refractivity contribution in [2.45, 2.75) is 33.6 Å². The largest absolute Gasteiger partial charge is 0.478 e. The van der Waals surface area contributed by atoms with Crippen LogP contribution in [0.1, 0.15) is 51.4 Å². The second-order valence-electron chi connectivity index (χ2n) is 5.35. The van der Waals surface area contributed by atoms with Crippen molar-refractivity contribution >= 4 is 17.6 Å². The normalized spacial score (nSPS) is 10.5. The molecular weight excluding hydrogens is 310 g/mol. The number of carbonyl (C=O) groups is 2. The molecule has 0 aliphatic heterocycles. The number of benzene rings is 1. The lowest BCUT2D eigenvalue weighted by atomic mass is 10.0. The molecule has 126 valence electrons. The van der Waals surface area contributed by atoms with Crippen LogP contribution < -0.4 is 10.9 Å². The number of hydrogen-bond acceptors (Lipinski definition) is 4. The number of amides is 1. The Morgan fingerprint density at radius 1 is 1.25 bits per heavy atom. The average molecular weight is 329 g/mol. The first-order valence-electron chi connectivity index (χ1n) is 7.64. The molecule has 0 aliphatic carbocycles. The van der Waals surface area contributed by atoms with Gasteiger partial charge in [-0.3, -0.25) is 9.59 Å². The monoisotopic (exact) mass is 329 g/mol. The van der Waals surface area contributed by atoms with Crippen LogP contribution in [0.5, 0.6) is 0 Å². The second-order valence-corrected chi connectivity index (χ2v) is 5.35. The Bertz CT molecular complexity index is 855. The molecule has 0 aliphatic rings. The number of anilines is 1. The summed E-state index contributed by atoms with van der Waals surface area (Å²) >= 11 is 0. The van der Waals surface area contributed by atoms with E-state index in [9.17, 15) is 14.4 Å². The van der Waals surface area contributed by atoms with Crippen LogP contribution in [0.4, 0.5) is 5.69 Å². The van der Waals surface area contributed by atoms with Gasteiger partial charge >= 0.3 is 5.97 Å². The number of aromatic carboxylic acids is 1. The molecule has 0 bridgehead atoms. The third kappa shape index (κ3) is 3.34. The number of aromatic amines is 1. The third-order valence-corrected chi connectivity index (χ3v) is 3.80. The Morgan fingerprint density at radius 2 is 1.96 bits per heavy atom. The molecular formula is C17H19N3O4. The highest BCUT2D eigenvalue weighted by molar-refractivity contribution is 6.05. The molecule has 3 N–H and O–H groups in total. The molecule has 2 rings (SSSR count). The van der Waals surface area contributed by atoms with Gasteiger partial charge in [0.25, 0.3) is 11.5 Å². The lowest BCUT2D eigenvalue weighted by molar-refractivity contribution is 0.0696. The molecule has 0 spiro atoms. The van der Waals surface area contributed by atoms with Gasteiger partial charge < -0.3 is 10.4 Å². The van der Waals surface area contributed by atoms with Gasteiger partial charge in [0.05, 0.1) is 11.3 Å². The average Bonchev–Trinajstić information content (AvgIpc) is 2.53. The van der Waals surface area contributed by atoms with Crippen molar-refractivity contribution in [3.05, 3.63) is 56.5 Å². The minimum absolute atomic E-state index is 0.0457. The van der Waals surface area contributed by atoms with Crippen LogP contribution in [0.2, 0.25) is 0 Å². The van der Waals surface area contributed by atoms with Gasteiger partial charge in [-0.25, -0.2) is 9.89 Å². The number of nitrogens with zero attached hydrogens (tertiary/aromatic N) is 1. The summed E-state index contributed by atoms with van der Waals surface area (Å²) in [5.41, 5.74) is 1.92. The summed E-state index contributed by atoms with van der Waals surface area (Å²) < 4.78 is 0. The summed E-state index contributed by atoms with van der Waals surface area (Å²) in [4.78, 5) is 35.6. The van der Waals surface area contributed by atoms with Crippen molar-refractivity contribution in [1.29, 1.82) is 0 Å². The van der Waals surface area contributed by atoms with E-state index in [-0.39, 0.29) is 11.1 Å². The number of H-pyrrole nitrogens is 1. The van der Waals surface area contributed by atoms with Crippen molar-refractivity contribution in [2.24, 2.45) is 0 Å². The maximum Gasteiger partial charge on any atom is 0.335 e. The standard InChI is InChI=1S/C17H19N3O4/c1-4-11-13(5-2)19-20-16(22)14(11)15(21)18-10-6-7-12(17(23)24)9(3)8-10/h6-8H,4-5H2,1-3H3,(H,18,21)(H,20,22)(H,23,24). The van der Waals surface area contributed by atoms with E-state index in [4.69, 9.17) is 5.11 Å². The molecule has 1 aromatic heterocycles. The van der Waals surface area contributed by atoms with Gasteiger partial charge in [-0.1, -0.05) is 13.8 Å². The van der Waals surface area contributed by atoms with Crippen molar-refractivity contribution in [2.75, 3.05) is 5.32 Å². The number of rotatable bonds is 5. The number of aryl methyl sites for hydroxylation is 2. The van der Waals surface area contributed by atoms with Crippen molar-refractivity contribution in [3.63, 3.8) is 0 Å². The summed E-state index contributed by atoms with van der Waals surface area (Å²) in [6.07, 6.45) is 1.12. The molecule has 7 nitrogen and oxygen atoms in total. The van der Waals surface area contributed by atoms with Crippen molar-refractivity contribution < 1.29 is 14.7 Å². The van der Waals surface area contributed by atoms with E-state index in [2.05, 4.69) is 15.5 Å². The van der Waals surface area contributed by atoms with Gasteiger partial charge in [0, 0.05) is 5.69 Å². The number of hydrogen-bond donors (Lipinski definition) is 3. The number of carboxylic acid groups (broad SMARTS) is 1. The number of carboxylic acids is 1. The fourth-order valence-corrected chi connectivity index (χ4v) is 2.61. The van der Waals surface area contributed by atoms with Crippen LogP contribution in [0.3, 0.4) is 0 Å². The SMILES string of the molecule is CCc1n[nH]c(=O)c(C(=O)Nc2ccc(C(=O)O)c(C)c2)c1CC. The van der Waals surface area contributed by atoms with Crippen molar-refractivity contribution in [1.82, 2.24) is 10.2 Å². The molecule has 0 fully saturated rings. The Labute approximate surface area is 138 Å². The highest BCUT2D eigenvalue weighted by Gasteiger charge is 2.19. The molecule has 1 heterocycles. The molecule has 0 radical (unpaired) electrons. The first-order valence-corrected chi connectivity index (χ1v) is 7.64. The Kier molecular flexibility index (Phi) is 5.13. The molecule has 0 atom stereocenters. The van der Waals surface area contributed by atoms with E-state index in [1.807, 2.05) is 13.8 Å². The van der Waals surface area contributed by atoms with Crippen LogP contribution in [0.25, 0.3) is 0 Å². The van der Waals surface area contributed by atoms with E-state index >= 15 is 0 Å². The third-order valence-electron chi connectivity index (χ3n) is 3.80. The van der Waals surface area contributed by atoms with Crippen LogP contribution in [0, 0.1) is 6.92 Å². The van der Waals surface area contributed by atoms with E-state index < -0.39 is 17.4 Å². The molecule has 0 unspecified atom stereocenters. The first-order chi connectivity index (χ1) is 11.4. The summed E-state index contributed by atoms with van der Waals surface area (Å²) in [5.74, 6) is -1.57. The smallest absolute Gasteiger partial charge is 0.335 e. The molecule has 1 aromatic carbocycles. The van der Waals surface area contributed by atoms with Crippen LogP contribution in [0.15, 0.2) is 23.0 Å². The first kappa shape index (κ1) is 17.4. The Hall–Kier alpha value is -2.96. The molecule has 0 saturated carbocycles. The Balaban J connectivity index is 2.39. The highest BCUT2D eigenvalue weighted by Crippen LogP contribution is 2.17. The summed E-state index contributed by atoms with van der Waals surface area (Å²) in [6.45, 7) is 5.40. The Morgan fingerprint density at radius 3 is 2.50 bits per heavy atom. The molecule has 24 heavy (non-hydrogen) atoms. The summed E-state index contributed by atoms with van der Waals surface area (Å²) in [5, 5.41) is 18.0. The zero-order valence-electron chi connectivity index (χ0n) is 13.8. The van der Waals surface area contributed by atoms with E-state index in [1.165, 1.54) is 12.1 Å². The zero-order valence-corrected chi connectivity index (χ0v) is 13.8. The van der Waals surface area contributed by atoms with Gasteiger partial charge in [0.15, 0.2) is 0 Å². The van der Waals surface area contributed by atoms with Gasteiger partial charge in [-0.05, 0) is 49.1 Å². The maximum atomic E-state index is 12.5. The summed E-state index contributed by atoms with van der Waals surface area (Å²) in [7, 11) is 0. The van der Waals surface area contributed by atoms with E-state index in [0.717, 1.165) is 0 Å².